The van der Waals surface area contributed by atoms with Crippen LogP contribution in [0.15, 0.2) is 54.9 Å². The maximum atomic E-state index is 5.27. The van der Waals surface area contributed by atoms with Gasteiger partial charge in [0.1, 0.15) is 12.1 Å². The van der Waals surface area contributed by atoms with Gasteiger partial charge in [-0.15, -0.1) is 0 Å². The summed E-state index contributed by atoms with van der Waals surface area (Å²) in [6.45, 7) is 2.11. The summed E-state index contributed by atoms with van der Waals surface area (Å²) in [5.74, 6) is 1.68. The van der Waals surface area contributed by atoms with Crippen molar-refractivity contribution < 1.29 is 4.74 Å². The SMILES string of the molecule is COc1ccc([C@H]2C[C@@H](c3ccc(C)cc3)Nc3ncnn32)cc1. The minimum atomic E-state index is 0.154. The van der Waals surface area contributed by atoms with Gasteiger partial charge in [-0.1, -0.05) is 42.0 Å². The number of benzene rings is 2. The zero-order valence-corrected chi connectivity index (χ0v) is 13.8. The van der Waals surface area contributed by atoms with Crippen LogP contribution in [-0.4, -0.2) is 21.9 Å². The molecule has 0 fully saturated rings. The lowest BCUT2D eigenvalue weighted by atomic mass is 9.93. The smallest absolute Gasteiger partial charge is 0.222 e. The summed E-state index contributed by atoms with van der Waals surface area (Å²) in [7, 11) is 1.68. The zero-order valence-electron chi connectivity index (χ0n) is 13.8. The normalized spacial score (nSPS) is 19.4. The predicted molar refractivity (Wildman–Crippen MR) is 93.3 cm³/mol. The fourth-order valence-corrected chi connectivity index (χ4v) is 3.24. The molecule has 0 spiro atoms. The van der Waals surface area contributed by atoms with Crippen molar-refractivity contribution in [2.45, 2.75) is 25.4 Å². The van der Waals surface area contributed by atoms with Gasteiger partial charge in [-0.05, 0) is 36.6 Å². The Morgan fingerprint density at radius 1 is 1.04 bits per heavy atom. The zero-order chi connectivity index (χ0) is 16.5. The van der Waals surface area contributed by atoms with E-state index in [1.54, 1.807) is 13.4 Å². The number of fused-ring (bicyclic) bond motifs is 1. The Hall–Kier alpha value is -2.82. The third kappa shape index (κ3) is 2.62. The molecule has 0 unspecified atom stereocenters. The second-order valence-corrected chi connectivity index (χ2v) is 6.16. The maximum absolute atomic E-state index is 5.27. The number of aromatic nitrogens is 3. The summed E-state index contributed by atoms with van der Waals surface area (Å²) in [6, 6.07) is 17.2. The fourth-order valence-electron chi connectivity index (χ4n) is 3.24. The van der Waals surface area contributed by atoms with Crippen LogP contribution in [0.5, 0.6) is 5.75 Å². The van der Waals surface area contributed by atoms with Crippen molar-refractivity contribution in [3.8, 4) is 5.75 Å². The maximum Gasteiger partial charge on any atom is 0.222 e. The number of nitrogens with zero attached hydrogens (tertiary/aromatic N) is 3. The molecule has 5 heteroatoms. The molecule has 2 atom stereocenters. The highest BCUT2D eigenvalue weighted by molar-refractivity contribution is 5.39. The average molecular weight is 320 g/mol. The van der Waals surface area contributed by atoms with E-state index in [0.29, 0.717) is 0 Å². The van der Waals surface area contributed by atoms with Crippen molar-refractivity contribution >= 4 is 5.95 Å². The number of ether oxygens (including phenoxy) is 1. The Labute approximate surface area is 141 Å². The molecule has 122 valence electrons. The fraction of sp³-hybridized carbons (Fsp3) is 0.263. The van der Waals surface area contributed by atoms with Crippen molar-refractivity contribution in [2.75, 3.05) is 12.4 Å². The molecule has 0 saturated carbocycles. The molecule has 0 radical (unpaired) electrons. The number of aryl methyl sites for hydroxylation is 1. The Morgan fingerprint density at radius 3 is 2.46 bits per heavy atom. The molecule has 2 heterocycles. The molecule has 4 rings (SSSR count). The van der Waals surface area contributed by atoms with Crippen LogP contribution in [0.4, 0.5) is 5.95 Å². The van der Waals surface area contributed by atoms with Gasteiger partial charge in [-0.25, -0.2) is 4.68 Å². The Kier molecular flexibility index (Phi) is 3.69. The van der Waals surface area contributed by atoms with E-state index >= 15 is 0 Å². The number of rotatable bonds is 3. The van der Waals surface area contributed by atoms with Crippen molar-refractivity contribution in [3.05, 3.63) is 71.5 Å². The van der Waals surface area contributed by atoms with Crippen molar-refractivity contribution in [1.82, 2.24) is 14.8 Å². The number of hydrogen-bond donors (Lipinski definition) is 1. The molecule has 0 aliphatic carbocycles. The highest BCUT2D eigenvalue weighted by atomic mass is 16.5. The van der Waals surface area contributed by atoms with Crippen LogP contribution in [-0.2, 0) is 0 Å². The van der Waals surface area contributed by atoms with Gasteiger partial charge < -0.3 is 10.1 Å². The highest BCUT2D eigenvalue weighted by Crippen LogP contribution is 2.37. The van der Waals surface area contributed by atoms with Gasteiger partial charge in [-0.2, -0.15) is 10.1 Å². The molecule has 1 aliphatic rings. The number of hydrogen-bond acceptors (Lipinski definition) is 4. The first kappa shape index (κ1) is 14.8. The van der Waals surface area contributed by atoms with E-state index in [1.807, 2.05) is 16.8 Å². The first-order chi connectivity index (χ1) is 11.7. The standard InChI is InChI=1S/C19H20N4O/c1-13-3-5-14(6-4-13)17-11-18(23-19(22-17)20-12-21-23)15-7-9-16(24-2)10-8-15/h3-10,12,17-18H,11H2,1-2H3,(H,20,21,22)/t17-,18+/m0/s1. The lowest BCUT2D eigenvalue weighted by Gasteiger charge is -2.32. The van der Waals surface area contributed by atoms with Gasteiger partial charge in [0, 0.05) is 0 Å². The van der Waals surface area contributed by atoms with Crippen LogP contribution >= 0.6 is 0 Å². The van der Waals surface area contributed by atoms with E-state index in [2.05, 4.69) is 58.7 Å². The monoisotopic (exact) mass is 320 g/mol. The van der Waals surface area contributed by atoms with Gasteiger partial charge in [0.2, 0.25) is 5.95 Å². The molecule has 1 aromatic heterocycles. The van der Waals surface area contributed by atoms with Crippen LogP contribution in [0.25, 0.3) is 0 Å². The molecule has 1 N–H and O–H groups in total. The molecule has 0 amide bonds. The minimum Gasteiger partial charge on any atom is -0.497 e. The van der Waals surface area contributed by atoms with E-state index in [0.717, 1.165) is 18.1 Å². The first-order valence-corrected chi connectivity index (χ1v) is 8.11. The molecule has 24 heavy (non-hydrogen) atoms. The quantitative estimate of drug-likeness (QED) is 0.799. The summed E-state index contributed by atoms with van der Waals surface area (Å²) < 4.78 is 7.23. The molecule has 0 saturated heterocycles. The van der Waals surface area contributed by atoms with Crippen LogP contribution in [0.3, 0.4) is 0 Å². The summed E-state index contributed by atoms with van der Waals surface area (Å²) in [6.07, 6.45) is 2.53. The number of methoxy groups -OCH3 is 1. The lowest BCUT2D eigenvalue weighted by Crippen LogP contribution is -2.28. The van der Waals surface area contributed by atoms with Crippen molar-refractivity contribution in [3.63, 3.8) is 0 Å². The Bertz CT molecular complexity index is 823. The summed E-state index contributed by atoms with van der Waals surface area (Å²) >= 11 is 0. The van der Waals surface area contributed by atoms with E-state index < -0.39 is 0 Å². The third-order valence-electron chi connectivity index (χ3n) is 4.61. The lowest BCUT2D eigenvalue weighted by molar-refractivity contribution is 0.411. The van der Waals surface area contributed by atoms with Crippen LogP contribution in [0, 0.1) is 6.92 Å². The molecule has 3 aromatic rings. The van der Waals surface area contributed by atoms with E-state index in [4.69, 9.17) is 4.74 Å². The third-order valence-corrected chi connectivity index (χ3v) is 4.61. The van der Waals surface area contributed by atoms with Gasteiger partial charge in [0.05, 0.1) is 19.2 Å². The molecule has 5 nitrogen and oxygen atoms in total. The van der Waals surface area contributed by atoms with E-state index in [-0.39, 0.29) is 12.1 Å². The van der Waals surface area contributed by atoms with E-state index in [9.17, 15) is 0 Å². The van der Waals surface area contributed by atoms with Crippen molar-refractivity contribution in [2.24, 2.45) is 0 Å². The molecule has 2 aromatic carbocycles. The van der Waals surface area contributed by atoms with Crippen LogP contribution in [0.1, 0.15) is 35.2 Å². The van der Waals surface area contributed by atoms with Crippen LogP contribution < -0.4 is 10.1 Å². The van der Waals surface area contributed by atoms with E-state index in [1.165, 1.54) is 16.7 Å². The topological polar surface area (TPSA) is 52.0 Å². The first-order valence-electron chi connectivity index (χ1n) is 8.11. The Balaban J connectivity index is 1.69. The molecule has 1 aliphatic heterocycles. The number of anilines is 1. The second-order valence-electron chi connectivity index (χ2n) is 6.16. The Morgan fingerprint density at radius 2 is 1.75 bits per heavy atom. The van der Waals surface area contributed by atoms with Gasteiger partial charge in [0.15, 0.2) is 0 Å². The molecular formula is C19H20N4O. The van der Waals surface area contributed by atoms with Gasteiger partial charge >= 0.3 is 0 Å². The largest absolute Gasteiger partial charge is 0.497 e. The minimum absolute atomic E-state index is 0.154. The molecule has 0 bridgehead atoms. The van der Waals surface area contributed by atoms with Gasteiger partial charge in [-0.3, -0.25) is 0 Å². The van der Waals surface area contributed by atoms with Crippen molar-refractivity contribution in [1.29, 1.82) is 0 Å². The second kappa shape index (κ2) is 6.00. The van der Waals surface area contributed by atoms with Crippen LogP contribution in [0.2, 0.25) is 0 Å². The average Bonchev–Trinajstić information content (AvgIpc) is 3.10. The number of nitrogens with one attached hydrogen (secondary N) is 1. The highest BCUT2D eigenvalue weighted by Gasteiger charge is 2.29. The summed E-state index contributed by atoms with van der Waals surface area (Å²) in [5, 5.41) is 7.91. The van der Waals surface area contributed by atoms with Gasteiger partial charge in [0.25, 0.3) is 0 Å². The molecular weight excluding hydrogens is 300 g/mol. The predicted octanol–water partition coefficient (Wildman–Crippen LogP) is 3.74. The summed E-state index contributed by atoms with van der Waals surface area (Å²) in [4.78, 5) is 4.38. The summed E-state index contributed by atoms with van der Waals surface area (Å²) in [5.41, 5.74) is 3.75.